The number of aromatic hydroxyl groups is 1. The molecule has 0 unspecified atom stereocenters. The first kappa shape index (κ1) is 20.3. The maximum absolute atomic E-state index is 9.95. The molecule has 7 nitrogen and oxygen atoms in total. The second-order valence-corrected chi connectivity index (χ2v) is 6.64. The summed E-state index contributed by atoms with van der Waals surface area (Å²) in [5.41, 5.74) is 3.00. The number of imidazole rings is 1. The van der Waals surface area contributed by atoms with E-state index < -0.39 is 0 Å². The number of ether oxygens (including phenoxy) is 1. The predicted molar refractivity (Wildman–Crippen MR) is 115 cm³/mol. The SMILES string of the molecule is CCNC(=NCc1ccc(OC)c(O)c1)N(C)Cc1ncc(-c2ccccc2)[nH]1. The third kappa shape index (κ3) is 5.28. The first-order chi connectivity index (χ1) is 14.1. The summed E-state index contributed by atoms with van der Waals surface area (Å²) in [6.07, 6.45) is 1.85. The van der Waals surface area contributed by atoms with Crippen molar-refractivity contribution in [3.63, 3.8) is 0 Å². The first-order valence-electron chi connectivity index (χ1n) is 9.55. The minimum absolute atomic E-state index is 0.114. The summed E-state index contributed by atoms with van der Waals surface area (Å²) >= 11 is 0. The molecule has 7 heteroatoms. The highest BCUT2D eigenvalue weighted by Gasteiger charge is 2.10. The Balaban J connectivity index is 1.69. The zero-order valence-electron chi connectivity index (χ0n) is 17.0. The Kier molecular flexibility index (Phi) is 6.73. The lowest BCUT2D eigenvalue weighted by atomic mass is 10.2. The van der Waals surface area contributed by atoms with Crippen molar-refractivity contribution in [2.75, 3.05) is 20.7 Å². The zero-order chi connectivity index (χ0) is 20.6. The van der Waals surface area contributed by atoms with E-state index in [0.717, 1.165) is 35.1 Å². The summed E-state index contributed by atoms with van der Waals surface area (Å²) in [5.74, 6) is 2.19. The lowest BCUT2D eigenvalue weighted by molar-refractivity contribution is 0.373. The van der Waals surface area contributed by atoms with Crippen molar-refractivity contribution in [3.05, 3.63) is 66.1 Å². The van der Waals surface area contributed by atoms with E-state index in [1.54, 1.807) is 12.1 Å². The molecule has 1 heterocycles. The summed E-state index contributed by atoms with van der Waals surface area (Å²) in [5, 5.41) is 13.2. The molecule has 1 aromatic heterocycles. The van der Waals surface area contributed by atoms with Crippen molar-refractivity contribution in [2.45, 2.75) is 20.0 Å². The van der Waals surface area contributed by atoms with Gasteiger partial charge in [-0.1, -0.05) is 36.4 Å². The fourth-order valence-corrected chi connectivity index (χ4v) is 2.98. The van der Waals surface area contributed by atoms with Gasteiger partial charge >= 0.3 is 0 Å². The number of aliphatic imine (C=N–C) groups is 1. The molecule has 0 fully saturated rings. The van der Waals surface area contributed by atoms with Crippen molar-refractivity contribution >= 4 is 5.96 Å². The molecule has 0 amide bonds. The van der Waals surface area contributed by atoms with Crippen molar-refractivity contribution in [1.29, 1.82) is 0 Å². The Morgan fingerprint density at radius 1 is 1.24 bits per heavy atom. The topological polar surface area (TPSA) is 85.8 Å². The molecule has 0 spiro atoms. The van der Waals surface area contributed by atoms with Crippen LogP contribution in [0.15, 0.2) is 59.7 Å². The van der Waals surface area contributed by atoms with E-state index in [1.807, 2.05) is 49.3 Å². The number of phenolic OH excluding ortho intramolecular Hbond substituents is 1. The molecule has 0 aliphatic heterocycles. The van der Waals surface area contributed by atoms with Gasteiger partial charge in [0.25, 0.3) is 0 Å². The van der Waals surface area contributed by atoms with Crippen molar-refractivity contribution < 1.29 is 9.84 Å². The minimum Gasteiger partial charge on any atom is -0.504 e. The van der Waals surface area contributed by atoms with Crippen LogP contribution in [-0.4, -0.2) is 46.6 Å². The number of aromatic nitrogens is 2. The molecule has 0 saturated carbocycles. The van der Waals surface area contributed by atoms with Gasteiger partial charge in [0.15, 0.2) is 17.5 Å². The molecule has 3 rings (SSSR count). The minimum atomic E-state index is 0.114. The molecule has 29 heavy (non-hydrogen) atoms. The Labute approximate surface area is 171 Å². The number of phenols is 1. The van der Waals surface area contributed by atoms with Crippen LogP contribution < -0.4 is 10.1 Å². The standard InChI is InChI=1S/C22H27N5O2/c1-4-23-22(25-13-16-10-11-20(29-3)19(28)12-16)27(2)15-21-24-14-18(26-21)17-8-6-5-7-9-17/h5-12,14,28H,4,13,15H2,1-3H3,(H,23,25)(H,24,26). The van der Waals surface area contributed by atoms with E-state index in [-0.39, 0.29) is 5.75 Å². The maximum Gasteiger partial charge on any atom is 0.194 e. The van der Waals surface area contributed by atoms with Gasteiger partial charge in [0, 0.05) is 13.6 Å². The van der Waals surface area contributed by atoms with Gasteiger partial charge in [0.05, 0.1) is 32.1 Å². The lowest BCUT2D eigenvalue weighted by Gasteiger charge is -2.21. The highest BCUT2D eigenvalue weighted by Crippen LogP contribution is 2.26. The summed E-state index contributed by atoms with van der Waals surface area (Å²) in [4.78, 5) is 14.6. The monoisotopic (exact) mass is 393 g/mol. The number of methoxy groups -OCH3 is 1. The predicted octanol–water partition coefficient (Wildman–Crippen LogP) is 3.39. The number of hydrogen-bond donors (Lipinski definition) is 3. The van der Waals surface area contributed by atoms with E-state index in [9.17, 15) is 5.11 Å². The van der Waals surface area contributed by atoms with Gasteiger partial charge in [0.2, 0.25) is 0 Å². The fraction of sp³-hybridized carbons (Fsp3) is 0.273. The maximum atomic E-state index is 9.95. The van der Waals surface area contributed by atoms with E-state index in [0.29, 0.717) is 18.8 Å². The number of nitrogens with zero attached hydrogens (tertiary/aromatic N) is 3. The number of rotatable bonds is 7. The normalized spacial score (nSPS) is 11.3. The van der Waals surface area contributed by atoms with Gasteiger partial charge in [-0.25, -0.2) is 9.98 Å². The molecular formula is C22H27N5O2. The van der Waals surface area contributed by atoms with Crippen LogP contribution in [0.25, 0.3) is 11.3 Å². The van der Waals surface area contributed by atoms with Gasteiger partial charge in [-0.15, -0.1) is 0 Å². The third-order valence-corrected chi connectivity index (χ3v) is 4.45. The van der Waals surface area contributed by atoms with Crippen molar-refractivity contribution in [1.82, 2.24) is 20.2 Å². The average Bonchev–Trinajstić information content (AvgIpc) is 3.20. The van der Waals surface area contributed by atoms with Crippen molar-refractivity contribution in [2.24, 2.45) is 4.99 Å². The fourth-order valence-electron chi connectivity index (χ4n) is 2.98. The van der Waals surface area contributed by atoms with E-state index in [2.05, 4.69) is 32.4 Å². The van der Waals surface area contributed by atoms with Crippen LogP contribution in [0, 0.1) is 0 Å². The number of H-pyrrole nitrogens is 1. The molecule has 0 bridgehead atoms. The van der Waals surface area contributed by atoms with Crippen LogP contribution in [0.2, 0.25) is 0 Å². The molecule has 0 aliphatic carbocycles. The van der Waals surface area contributed by atoms with Gasteiger partial charge in [0.1, 0.15) is 5.82 Å². The largest absolute Gasteiger partial charge is 0.504 e. The Morgan fingerprint density at radius 2 is 2.03 bits per heavy atom. The molecule has 152 valence electrons. The average molecular weight is 393 g/mol. The zero-order valence-corrected chi connectivity index (χ0v) is 17.0. The molecule has 0 radical (unpaired) electrons. The summed E-state index contributed by atoms with van der Waals surface area (Å²) in [7, 11) is 3.50. The number of aromatic amines is 1. The molecule has 2 aromatic carbocycles. The van der Waals surface area contributed by atoms with Crippen LogP contribution in [0.1, 0.15) is 18.3 Å². The number of guanidine groups is 1. The Morgan fingerprint density at radius 3 is 2.72 bits per heavy atom. The summed E-state index contributed by atoms with van der Waals surface area (Å²) in [6, 6.07) is 15.4. The van der Waals surface area contributed by atoms with Gasteiger partial charge < -0.3 is 25.0 Å². The lowest BCUT2D eigenvalue weighted by Crippen LogP contribution is -2.38. The Bertz CT molecular complexity index is 953. The second-order valence-electron chi connectivity index (χ2n) is 6.64. The smallest absolute Gasteiger partial charge is 0.194 e. The summed E-state index contributed by atoms with van der Waals surface area (Å²) in [6.45, 7) is 3.82. The van der Waals surface area contributed by atoms with E-state index in [4.69, 9.17) is 4.74 Å². The van der Waals surface area contributed by atoms with E-state index >= 15 is 0 Å². The van der Waals surface area contributed by atoms with Crippen LogP contribution in [-0.2, 0) is 13.1 Å². The molecule has 3 N–H and O–H groups in total. The van der Waals surface area contributed by atoms with E-state index in [1.165, 1.54) is 7.11 Å². The quantitative estimate of drug-likeness (QED) is 0.423. The van der Waals surface area contributed by atoms with Gasteiger partial charge in [-0.05, 0) is 30.2 Å². The number of hydrogen-bond acceptors (Lipinski definition) is 4. The first-order valence-corrected chi connectivity index (χ1v) is 9.55. The third-order valence-electron chi connectivity index (χ3n) is 4.45. The molecule has 3 aromatic rings. The van der Waals surface area contributed by atoms with Crippen LogP contribution in [0.5, 0.6) is 11.5 Å². The van der Waals surface area contributed by atoms with Gasteiger partial charge in [-0.3, -0.25) is 0 Å². The highest BCUT2D eigenvalue weighted by molar-refractivity contribution is 5.79. The van der Waals surface area contributed by atoms with Crippen molar-refractivity contribution in [3.8, 4) is 22.8 Å². The molecule has 0 saturated heterocycles. The molecular weight excluding hydrogens is 366 g/mol. The highest BCUT2D eigenvalue weighted by atomic mass is 16.5. The molecule has 0 atom stereocenters. The van der Waals surface area contributed by atoms with Crippen LogP contribution >= 0.6 is 0 Å². The second kappa shape index (κ2) is 9.64. The summed E-state index contributed by atoms with van der Waals surface area (Å²) < 4.78 is 5.09. The molecule has 0 aliphatic rings. The van der Waals surface area contributed by atoms with Crippen LogP contribution in [0.3, 0.4) is 0 Å². The Hall–Kier alpha value is -3.48. The van der Waals surface area contributed by atoms with Crippen LogP contribution in [0.4, 0.5) is 0 Å². The number of benzene rings is 2. The number of nitrogens with one attached hydrogen (secondary N) is 2. The van der Waals surface area contributed by atoms with Gasteiger partial charge in [-0.2, -0.15) is 0 Å².